The van der Waals surface area contributed by atoms with Gasteiger partial charge in [-0.15, -0.1) is 5.10 Å². The molecule has 0 bridgehead atoms. The Hall–Kier alpha value is -2.12. The number of carbonyl (C=O) groups is 2. The van der Waals surface area contributed by atoms with E-state index in [4.69, 9.17) is 10.5 Å². The number of nitrogens with one attached hydrogen (secondary N) is 1. The van der Waals surface area contributed by atoms with Crippen LogP contribution in [0.4, 0.5) is 5.95 Å². The lowest BCUT2D eigenvalue weighted by atomic mass is 10.5. The van der Waals surface area contributed by atoms with Crippen LogP contribution in [0.2, 0.25) is 0 Å². The minimum atomic E-state index is -0.555. The summed E-state index contributed by atoms with van der Waals surface area (Å²) in [6.07, 6.45) is 3.32. The van der Waals surface area contributed by atoms with Crippen LogP contribution in [-0.2, 0) is 20.9 Å². The van der Waals surface area contributed by atoms with Crippen LogP contribution >= 0.6 is 0 Å². The van der Waals surface area contributed by atoms with Gasteiger partial charge in [-0.3, -0.25) is 9.59 Å². The molecule has 1 amide bonds. The van der Waals surface area contributed by atoms with E-state index in [9.17, 15) is 9.59 Å². The number of esters is 1. The van der Waals surface area contributed by atoms with Crippen molar-refractivity contribution in [1.29, 1.82) is 0 Å². The fraction of sp³-hybridized carbons (Fsp3) is 0.556. The van der Waals surface area contributed by atoms with Crippen molar-refractivity contribution >= 4 is 17.8 Å². The summed E-state index contributed by atoms with van der Waals surface area (Å²) in [5.41, 5.74) is 5.28. The van der Waals surface area contributed by atoms with E-state index < -0.39 is 5.97 Å². The Morgan fingerprint density at radius 2 is 2.35 bits per heavy atom. The molecule has 0 radical (unpaired) electrons. The van der Waals surface area contributed by atoms with E-state index in [0.29, 0.717) is 0 Å². The number of rotatable bonds is 5. The second-order valence-electron chi connectivity index (χ2n) is 3.80. The van der Waals surface area contributed by atoms with Gasteiger partial charge in [0.2, 0.25) is 5.95 Å². The number of nitrogen functional groups attached to an aromatic ring is 1. The first-order valence-electron chi connectivity index (χ1n) is 5.23. The molecule has 8 nitrogen and oxygen atoms in total. The van der Waals surface area contributed by atoms with E-state index in [-0.39, 0.29) is 31.0 Å². The summed E-state index contributed by atoms with van der Waals surface area (Å²) >= 11 is 0. The molecule has 92 valence electrons. The Labute approximate surface area is 97.1 Å². The summed E-state index contributed by atoms with van der Waals surface area (Å²) in [5, 5.41) is 6.42. The maximum Gasteiger partial charge on any atom is 0.328 e. The molecule has 17 heavy (non-hydrogen) atoms. The largest absolute Gasteiger partial charge is 0.454 e. The van der Waals surface area contributed by atoms with Gasteiger partial charge in [-0.2, -0.15) is 0 Å². The third-order valence-corrected chi connectivity index (χ3v) is 2.15. The van der Waals surface area contributed by atoms with Gasteiger partial charge in [0.25, 0.3) is 5.91 Å². The van der Waals surface area contributed by atoms with Gasteiger partial charge >= 0.3 is 5.97 Å². The van der Waals surface area contributed by atoms with Gasteiger partial charge in [0.1, 0.15) is 12.9 Å². The van der Waals surface area contributed by atoms with Crippen molar-refractivity contribution in [2.75, 3.05) is 12.3 Å². The zero-order chi connectivity index (χ0) is 12.3. The van der Waals surface area contributed by atoms with Crippen LogP contribution in [0.5, 0.6) is 0 Å². The van der Waals surface area contributed by atoms with Crippen LogP contribution in [0.15, 0.2) is 6.33 Å². The minimum absolute atomic E-state index is 0.0873. The Bertz CT molecular complexity index is 426. The summed E-state index contributed by atoms with van der Waals surface area (Å²) in [7, 11) is 0. The van der Waals surface area contributed by atoms with E-state index >= 15 is 0 Å². The van der Waals surface area contributed by atoms with Gasteiger partial charge < -0.3 is 15.8 Å². The highest BCUT2D eigenvalue weighted by Crippen LogP contribution is 2.18. The zero-order valence-electron chi connectivity index (χ0n) is 9.13. The fourth-order valence-electron chi connectivity index (χ4n) is 1.21. The third kappa shape index (κ3) is 3.74. The van der Waals surface area contributed by atoms with E-state index in [1.54, 1.807) is 0 Å². The molecule has 1 saturated carbocycles. The van der Waals surface area contributed by atoms with Crippen LogP contribution < -0.4 is 11.1 Å². The molecular weight excluding hydrogens is 226 g/mol. The average Bonchev–Trinajstić information content (AvgIpc) is 2.99. The normalized spacial score (nSPS) is 14.4. The molecule has 1 aromatic heterocycles. The summed E-state index contributed by atoms with van der Waals surface area (Å²) in [5.74, 6) is -0.746. The molecule has 1 aliphatic rings. The standard InChI is InChI=1S/C9H13N5O3/c10-9-11-5-14(13-9)3-8(16)17-4-7(15)12-6-1-2-6/h5-6H,1-4H2,(H2,10,13)(H,12,15). The molecule has 1 heterocycles. The Balaban J connectivity index is 1.68. The second kappa shape index (κ2) is 4.81. The number of hydrogen-bond acceptors (Lipinski definition) is 6. The van der Waals surface area contributed by atoms with Crippen molar-refractivity contribution in [2.24, 2.45) is 0 Å². The molecule has 0 atom stereocenters. The molecule has 1 aliphatic carbocycles. The van der Waals surface area contributed by atoms with Crippen molar-refractivity contribution in [1.82, 2.24) is 20.1 Å². The van der Waals surface area contributed by atoms with Crippen LogP contribution in [0.1, 0.15) is 12.8 Å². The number of hydrogen-bond donors (Lipinski definition) is 2. The molecule has 0 saturated heterocycles. The molecule has 1 fully saturated rings. The first kappa shape index (κ1) is 11.4. The van der Waals surface area contributed by atoms with E-state index in [1.165, 1.54) is 11.0 Å². The molecule has 2 rings (SSSR count). The maximum absolute atomic E-state index is 11.3. The summed E-state index contributed by atoms with van der Waals surface area (Å²) in [4.78, 5) is 26.2. The average molecular weight is 239 g/mol. The van der Waals surface area contributed by atoms with Gasteiger partial charge in [-0.05, 0) is 12.8 Å². The molecule has 0 spiro atoms. The van der Waals surface area contributed by atoms with E-state index in [1.807, 2.05) is 0 Å². The smallest absolute Gasteiger partial charge is 0.328 e. The topological polar surface area (TPSA) is 112 Å². The van der Waals surface area contributed by atoms with Crippen LogP contribution in [0, 0.1) is 0 Å². The molecule has 3 N–H and O–H groups in total. The Morgan fingerprint density at radius 1 is 1.59 bits per heavy atom. The third-order valence-electron chi connectivity index (χ3n) is 2.15. The first-order valence-corrected chi connectivity index (χ1v) is 5.23. The van der Waals surface area contributed by atoms with Gasteiger partial charge in [0.15, 0.2) is 6.61 Å². The summed E-state index contributed by atoms with van der Waals surface area (Å²) in [6, 6.07) is 0.260. The highest BCUT2D eigenvalue weighted by Gasteiger charge is 2.23. The van der Waals surface area contributed by atoms with Crippen molar-refractivity contribution in [3.8, 4) is 0 Å². The van der Waals surface area contributed by atoms with Gasteiger partial charge in [-0.25, -0.2) is 9.67 Å². The molecule has 0 unspecified atom stereocenters. The second-order valence-corrected chi connectivity index (χ2v) is 3.80. The fourth-order valence-corrected chi connectivity index (χ4v) is 1.21. The molecule has 0 aliphatic heterocycles. The van der Waals surface area contributed by atoms with E-state index in [0.717, 1.165) is 12.8 Å². The van der Waals surface area contributed by atoms with Crippen LogP contribution in [0.3, 0.4) is 0 Å². The summed E-state index contributed by atoms with van der Waals surface area (Å²) in [6.45, 7) is -0.375. The van der Waals surface area contributed by atoms with E-state index in [2.05, 4.69) is 15.4 Å². The Kier molecular flexibility index (Phi) is 3.22. The number of nitrogens with two attached hydrogens (primary N) is 1. The van der Waals surface area contributed by atoms with Gasteiger partial charge in [0, 0.05) is 6.04 Å². The first-order chi connectivity index (χ1) is 8.13. The molecular formula is C9H13N5O3. The lowest BCUT2D eigenvalue weighted by molar-refractivity contribution is -0.149. The SMILES string of the molecule is Nc1ncn(CC(=O)OCC(=O)NC2CC2)n1. The van der Waals surface area contributed by atoms with Gasteiger partial charge in [0.05, 0.1) is 0 Å². The monoisotopic (exact) mass is 239 g/mol. The highest BCUT2D eigenvalue weighted by atomic mass is 16.5. The number of anilines is 1. The molecule has 1 aromatic rings. The summed E-state index contributed by atoms with van der Waals surface area (Å²) < 4.78 is 6.01. The number of nitrogens with zero attached hydrogens (tertiary/aromatic N) is 3. The molecule has 8 heteroatoms. The predicted molar refractivity (Wildman–Crippen MR) is 56.6 cm³/mol. The number of aromatic nitrogens is 3. The number of ether oxygens (including phenoxy) is 1. The van der Waals surface area contributed by atoms with Crippen molar-refractivity contribution in [3.63, 3.8) is 0 Å². The maximum atomic E-state index is 11.3. The van der Waals surface area contributed by atoms with Crippen LogP contribution in [-0.4, -0.2) is 39.3 Å². The predicted octanol–water partition coefficient (Wildman–Crippen LogP) is -1.32. The van der Waals surface area contributed by atoms with Crippen molar-refractivity contribution < 1.29 is 14.3 Å². The number of amides is 1. The minimum Gasteiger partial charge on any atom is -0.454 e. The molecule has 0 aromatic carbocycles. The number of carbonyl (C=O) groups excluding carboxylic acids is 2. The lowest BCUT2D eigenvalue weighted by Crippen LogP contribution is -2.31. The van der Waals surface area contributed by atoms with Crippen LogP contribution in [0.25, 0.3) is 0 Å². The van der Waals surface area contributed by atoms with Gasteiger partial charge in [-0.1, -0.05) is 0 Å². The zero-order valence-corrected chi connectivity index (χ0v) is 9.13. The lowest BCUT2D eigenvalue weighted by Gasteiger charge is -2.05. The highest BCUT2D eigenvalue weighted by molar-refractivity contribution is 5.80. The Morgan fingerprint density at radius 3 is 2.94 bits per heavy atom. The van der Waals surface area contributed by atoms with Crippen molar-refractivity contribution in [2.45, 2.75) is 25.4 Å². The van der Waals surface area contributed by atoms with Crippen molar-refractivity contribution in [3.05, 3.63) is 6.33 Å². The quantitative estimate of drug-likeness (QED) is 0.616.